The lowest BCUT2D eigenvalue weighted by Gasteiger charge is -2.17. The van der Waals surface area contributed by atoms with Gasteiger partial charge >= 0.3 is 0 Å². The molecule has 0 aromatic heterocycles. The molecule has 0 spiro atoms. The third-order valence-corrected chi connectivity index (χ3v) is 4.58. The van der Waals surface area contributed by atoms with Crippen molar-refractivity contribution in [3.63, 3.8) is 0 Å². The standard InChI is InChI=1S/C20H21ClN2O3/c1-2-26-18-6-4-3-5-17(18)20(25)22-12-14-11-19(24)23(13-14)16-9-7-15(21)8-10-16/h3-10,14H,2,11-13H2,1H3,(H,22,25). The van der Waals surface area contributed by atoms with Gasteiger partial charge in [-0.15, -0.1) is 0 Å². The molecule has 0 aliphatic carbocycles. The highest BCUT2D eigenvalue weighted by molar-refractivity contribution is 6.30. The molecular formula is C20H21ClN2O3. The Labute approximate surface area is 157 Å². The number of anilines is 1. The van der Waals surface area contributed by atoms with Gasteiger partial charge in [0.25, 0.3) is 5.91 Å². The van der Waals surface area contributed by atoms with Gasteiger partial charge in [0.15, 0.2) is 0 Å². The van der Waals surface area contributed by atoms with E-state index in [1.54, 1.807) is 35.2 Å². The number of nitrogens with zero attached hydrogens (tertiary/aromatic N) is 1. The van der Waals surface area contributed by atoms with E-state index in [-0.39, 0.29) is 17.7 Å². The summed E-state index contributed by atoms with van der Waals surface area (Å²) in [5.74, 6) is 0.506. The average molecular weight is 373 g/mol. The van der Waals surface area contributed by atoms with Gasteiger partial charge < -0.3 is 15.0 Å². The third-order valence-electron chi connectivity index (χ3n) is 4.33. The third kappa shape index (κ3) is 4.17. The summed E-state index contributed by atoms with van der Waals surface area (Å²) in [6.07, 6.45) is 0.413. The second kappa shape index (κ2) is 8.23. The Bertz CT molecular complexity index is 792. The first kappa shape index (κ1) is 18.3. The summed E-state index contributed by atoms with van der Waals surface area (Å²) in [6, 6.07) is 14.4. The van der Waals surface area contributed by atoms with Crippen molar-refractivity contribution in [1.82, 2.24) is 5.32 Å². The lowest BCUT2D eigenvalue weighted by Crippen LogP contribution is -2.31. The first-order valence-electron chi connectivity index (χ1n) is 8.64. The molecule has 2 aromatic rings. The largest absolute Gasteiger partial charge is 0.493 e. The number of nitrogens with one attached hydrogen (secondary N) is 1. The Balaban J connectivity index is 1.60. The van der Waals surface area contributed by atoms with Crippen molar-refractivity contribution in [2.45, 2.75) is 13.3 Å². The van der Waals surface area contributed by atoms with Crippen LogP contribution in [0, 0.1) is 5.92 Å². The summed E-state index contributed by atoms with van der Waals surface area (Å²) in [5, 5.41) is 3.56. The van der Waals surface area contributed by atoms with Gasteiger partial charge in [-0.1, -0.05) is 23.7 Å². The van der Waals surface area contributed by atoms with Crippen LogP contribution in [-0.4, -0.2) is 31.5 Å². The number of carbonyl (C=O) groups is 2. The molecule has 136 valence electrons. The summed E-state index contributed by atoms with van der Waals surface area (Å²) in [7, 11) is 0. The van der Waals surface area contributed by atoms with E-state index in [9.17, 15) is 9.59 Å². The highest BCUT2D eigenvalue weighted by Crippen LogP contribution is 2.26. The molecular weight excluding hydrogens is 352 g/mol. The van der Waals surface area contributed by atoms with E-state index in [1.165, 1.54) is 0 Å². The predicted octanol–water partition coefficient (Wildman–Crippen LogP) is 3.52. The lowest BCUT2D eigenvalue weighted by molar-refractivity contribution is -0.117. The maximum atomic E-state index is 12.5. The highest BCUT2D eigenvalue weighted by Gasteiger charge is 2.30. The summed E-state index contributed by atoms with van der Waals surface area (Å²) >= 11 is 5.90. The first-order valence-corrected chi connectivity index (χ1v) is 9.02. The van der Waals surface area contributed by atoms with Crippen molar-refractivity contribution >= 4 is 29.1 Å². The second-order valence-electron chi connectivity index (χ2n) is 6.19. The molecule has 0 bridgehead atoms. The molecule has 2 aromatic carbocycles. The minimum absolute atomic E-state index is 0.0567. The SMILES string of the molecule is CCOc1ccccc1C(=O)NCC1CC(=O)N(c2ccc(Cl)cc2)C1. The number of amides is 2. The number of benzene rings is 2. The number of rotatable bonds is 6. The van der Waals surface area contributed by atoms with Crippen molar-refractivity contribution in [3.05, 3.63) is 59.1 Å². The fourth-order valence-corrected chi connectivity index (χ4v) is 3.18. The van der Waals surface area contributed by atoms with Crippen LogP contribution in [-0.2, 0) is 4.79 Å². The quantitative estimate of drug-likeness (QED) is 0.844. The van der Waals surface area contributed by atoms with E-state index in [2.05, 4.69) is 5.32 Å². The van der Waals surface area contributed by atoms with E-state index < -0.39 is 0 Å². The zero-order valence-corrected chi connectivity index (χ0v) is 15.3. The van der Waals surface area contributed by atoms with Crippen LogP contribution < -0.4 is 15.0 Å². The van der Waals surface area contributed by atoms with Gasteiger partial charge in [0, 0.05) is 36.1 Å². The van der Waals surface area contributed by atoms with Gasteiger partial charge in [0.05, 0.1) is 12.2 Å². The Morgan fingerprint density at radius 1 is 1.23 bits per heavy atom. The van der Waals surface area contributed by atoms with Crippen LogP contribution >= 0.6 is 11.6 Å². The van der Waals surface area contributed by atoms with Crippen molar-refractivity contribution < 1.29 is 14.3 Å². The number of carbonyl (C=O) groups excluding carboxylic acids is 2. The van der Waals surface area contributed by atoms with Crippen LogP contribution in [0.25, 0.3) is 0 Å². The fraction of sp³-hybridized carbons (Fsp3) is 0.300. The van der Waals surface area contributed by atoms with Gasteiger partial charge in [-0.05, 0) is 43.3 Å². The van der Waals surface area contributed by atoms with E-state index in [1.807, 2.05) is 25.1 Å². The Kier molecular flexibility index (Phi) is 5.78. The summed E-state index contributed by atoms with van der Waals surface area (Å²) < 4.78 is 5.50. The molecule has 0 saturated carbocycles. The number of halogens is 1. The van der Waals surface area contributed by atoms with Gasteiger partial charge in [-0.3, -0.25) is 9.59 Å². The maximum Gasteiger partial charge on any atom is 0.255 e. The molecule has 1 atom stereocenters. The van der Waals surface area contributed by atoms with Crippen molar-refractivity contribution in [2.75, 3.05) is 24.6 Å². The van der Waals surface area contributed by atoms with Gasteiger partial charge in [-0.25, -0.2) is 0 Å². The Hall–Kier alpha value is -2.53. The van der Waals surface area contributed by atoms with Crippen molar-refractivity contribution in [3.8, 4) is 5.75 Å². The van der Waals surface area contributed by atoms with E-state index in [0.29, 0.717) is 42.5 Å². The smallest absolute Gasteiger partial charge is 0.255 e. The zero-order valence-electron chi connectivity index (χ0n) is 14.6. The molecule has 5 nitrogen and oxygen atoms in total. The molecule has 1 aliphatic rings. The molecule has 6 heteroatoms. The molecule has 2 amide bonds. The zero-order chi connectivity index (χ0) is 18.5. The van der Waals surface area contributed by atoms with Gasteiger partial charge in [0.2, 0.25) is 5.91 Å². The Morgan fingerprint density at radius 2 is 1.96 bits per heavy atom. The number of hydrogen-bond donors (Lipinski definition) is 1. The van der Waals surface area contributed by atoms with Crippen LogP contribution in [0.2, 0.25) is 5.02 Å². The second-order valence-corrected chi connectivity index (χ2v) is 6.63. The molecule has 26 heavy (non-hydrogen) atoms. The molecule has 1 aliphatic heterocycles. The monoisotopic (exact) mass is 372 g/mol. The minimum atomic E-state index is -0.188. The van der Waals surface area contributed by atoms with E-state index in [4.69, 9.17) is 16.3 Å². The Morgan fingerprint density at radius 3 is 2.69 bits per heavy atom. The summed E-state index contributed by atoms with van der Waals surface area (Å²) in [4.78, 5) is 26.5. The molecule has 1 unspecified atom stereocenters. The van der Waals surface area contributed by atoms with Gasteiger partial charge in [0.1, 0.15) is 5.75 Å². The summed E-state index contributed by atoms with van der Waals surface area (Å²) in [6.45, 7) is 3.39. The summed E-state index contributed by atoms with van der Waals surface area (Å²) in [5.41, 5.74) is 1.34. The van der Waals surface area contributed by atoms with Crippen LogP contribution in [0.3, 0.4) is 0 Å². The van der Waals surface area contributed by atoms with Gasteiger partial charge in [-0.2, -0.15) is 0 Å². The molecule has 1 saturated heterocycles. The van der Waals surface area contributed by atoms with Crippen LogP contribution in [0.4, 0.5) is 5.69 Å². The van der Waals surface area contributed by atoms with Crippen LogP contribution in [0.1, 0.15) is 23.7 Å². The number of ether oxygens (including phenoxy) is 1. The lowest BCUT2D eigenvalue weighted by atomic mass is 10.1. The topological polar surface area (TPSA) is 58.6 Å². The predicted molar refractivity (Wildman–Crippen MR) is 102 cm³/mol. The molecule has 1 N–H and O–H groups in total. The average Bonchev–Trinajstić information content (AvgIpc) is 3.02. The number of hydrogen-bond acceptors (Lipinski definition) is 3. The maximum absolute atomic E-state index is 12.5. The first-order chi connectivity index (χ1) is 12.6. The molecule has 1 heterocycles. The van der Waals surface area contributed by atoms with Crippen LogP contribution in [0.15, 0.2) is 48.5 Å². The molecule has 0 radical (unpaired) electrons. The fourth-order valence-electron chi connectivity index (χ4n) is 3.06. The normalized spacial score (nSPS) is 16.6. The highest BCUT2D eigenvalue weighted by atomic mass is 35.5. The number of para-hydroxylation sites is 1. The molecule has 1 fully saturated rings. The van der Waals surface area contributed by atoms with E-state index >= 15 is 0 Å². The van der Waals surface area contributed by atoms with Crippen molar-refractivity contribution in [2.24, 2.45) is 5.92 Å². The molecule has 3 rings (SSSR count). The van der Waals surface area contributed by atoms with E-state index in [0.717, 1.165) is 5.69 Å². The van der Waals surface area contributed by atoms with Crippen molar-refractivity contribution in [1.29, 1.82) is 0 Å². The van der Waals surface area contributed by atoms with Crippen LogP contribution in [0.5, 0.6) is 5.75 Å². The minimum Gasteiger partial charge on any atom is -0.493 e.